The highest BCUT2D eigenvalue weighted by molar-refractivity contribution is 5.85. The molecular weight excluding hydrogens is 83.5 g/mol. The minimum atomic E-state index is 0. The highest BCUT2D eigenvalue weighted by Crippen LogP contribution is 1.79. The van der Waals surface area contributed by atoms with Gasteiger partial charge < -0.3 is 0 Å². The van der Waals surface area contributed by atoms with Crippen molar-refractivity contribution in [2.45, 2.75) is 0 Å². The van der Waals surface area contributed by atoms with Gasteiger partial charge in [0.05, 0.1) is 0 Å². The predicted molar refractivity (Wildman–Crippen MR) is 10.5 cm³/mol. The number of halogens is 1. The van der Waals surface area contributed by atoms with E-state index in [-0.39, 0.29) is 12.4 Å². The molecule has 1 aromatic heterocycles. The van der Waals surface area contributed by atoms with E-state index in [0.29, 0.717) is 0 Å². The van der Waals surface area contributed by atoms with Gasteiger partial charge in [-0.15, -0.1) is 12.4 Å². The van der Waals surface area contributed by atoms with Gasteiger partial charge in [-0.1, -0.05) is 0 Å². The molecule has 1 rings (SSSR count). The molecule has 0 aliphatic heterocycles. The average molecular weight is 84.5 g/mol. The van der Waals surface area contributed by atoms with E-state index < -0.39 is 0 Å². The normalized spacial score (nSPS) is 6.00. The summed E-state index contributed by atoms with van der Waals surface area (Å²) in [6.07, 6.45) is 0. The lowest BCUT2D eigenvalue weighted by molar-refractivity contribution is 0.264. The van der Waals surface area contributed by atoms with Crippen molar-refractivity contribution in [2.24, 2.45) is 0 Å². The minimum Gasteiger partial charge on any atom is -0.147 e. The topological polar surface area (TPSA) is 39.4 Å². The van der Waals surface area contributed by atoms with Crippen LogP contribution in [-0.4, -0.2) is 0 Å². The van der Waals surface area contributed by atoms with Crippen LogP contribution in [0.25, 0.3) is 0 Å². The Morgan fingerprint density at radius 1 is 0.750 bits per heavy atom. The fourth-order valence-corrected chi connectivity index (χ4v) is 0. The second kappa shape index (κ2) is 1.06. The van der Waals surface area contributed by atoms with E-state index in [4.69, 9.17) is 0 Å². The molecule has 0 N–H and O–H groups in total. The average Bonchev–Trinajstić information content (AvgIpc) is 1.46. The molecule has 1 aromatic rings. The summed E-state index contributed by atoms with van der Waals surface area (Å²) in [5, 5.41) is 0. The minimum absolute atomic E-state index is 0. The summed E-state index contributed by atoms with van der Waals surface area (Å²) in [7, 11) is 0. The Labute approximate surface area is 27.7 Å². The summed E-state index contributed by atoms with van der Waals surface area (Å²) in [5.41, 5.74) is 0. The van der Waals surface area contributed by atoms with Crippen LogP contribution in [-0.2, 0) is 0 Å². The quantitative estimate of drug-likeness (QED) is 0.438. The van der Waals surface area contributed by atoms with Crippen molar-refractivity contribution in [3.8, 4) is 0 Å². The standard InChI is InChI=1S/ClH.O3/c;1-2-3-1/h1H;. The van der Waals surface area contributed by atoms with Gasteiger partial charge in [-0.25, -0.2) is 0 Å². The molecule has 0 bridgehead atoms. The van der Waals surface area contributed by atoms with E-state index in [1.54, 1.807) is 0 Å². The summed E-state index contributed by atoms with van der Waals surface area (Å²) < 4.78 is 10.5. The maximum atomic E-state index is 3.50. The van der Waals surface area contributed by atoms with Crippen LogP contribution in [0.5, 0.6) is 0 Å². The van der Waals surface area contributed by atoms with E-state index in [1.165, 1.54) is 0 Å². The molecule has 0 aliphatic carbocycles. The van der Waals surface area contributed by atoms with Gasteiger partial charge in [-0.3, -0.25) is 0 Å². The summed E-state index contributed by atoms with van der Waals surface area (Å²) >= 11 is 0. The molecule has 0 fully saturated rings. The Balaban J connectivity index is 0.0000000900. The Kier molecular flexibility index (Phi) is 0.979. The third-order valence-corrected chi connectivity index (χ3v) is 0.0680. The first-order chi connectivity index (χ1) is 1.50. The maximum absolute atomic E-state index is 3.50. The molecule has 0 aromatic carbocycles. The van der Waals surface area contributed by atoms with Crippen LogP contribution in [0.4, 0.5) is 0 Å². The summed E-state index contributed by atoms with van der Waals surface area (Å²) in [6, 6.07) is 0. The first kappa shape index (κ1) is 3.69. The predicted octanol–water partition coefficient (Wildman–Crippen LogP) is 0.887. The van der Waals surface area contributed by atoms with Crippen LogP contribution in [0.2, 0.25) is 0 Å². The highest BCUT2D eigenvalue weighted by Gasteiger charge is 1.63. The zero-order chi connectivity index (χ0) is 2.12. The lowest BCUT2D eigenvalue weighted by Crippen LogP contribution is -0.661. The monoisotopic (exact) mass is 84.0 g/mol. The second-order valence-electron chi connectivity index (χ2n) is 0.204. The summed E-state index contributed by atoms with van der Waals surface area (Å²) in [6.45, 7) is 0. The lowest BCUT2D eigenvalue weighted by atomic mass is 15.2. The molecule has 0 radical (unpaired) electrons. The van der Waals surface area contributed by atoms with E-state index in [0.717, 1.165) is 0 Å². The van der Waals surface area contributed by atoms with Crippen molar-refractivity contribution < 1.29 is 14.2 Å². The van der Waals surface area contributed by atoms with Gasteiger partial charge in [0.25, 0.3) is 0 Å². The van der Waals surface area contributed by atoms with Crippen molar-refractivity contribution in [2.75, 3.05) is 0 Å². The van der Waals surface area contributed by atoms with Gasteiger partial charge in [0.15, 0.2) is 0 Å². The largest absolute Gasteiger partial charge is 0.147 e. The summed E-state index contributed by atoms with van der Waals surface area (Å²) in [5.74, 6) is 0. The lowest BCUT2D eigenvalue weighted by Gasteiger charge is -0.816. The molecule has 1 heterocycles. The van der Waals surface area contributed by atoms with E-state index in [2.05, 4.69) is 14.2 Å². The molecule has 0 unspecified atom stereocenters. The molecule has 4 heavy (non-hydrogen) atoms. The number of hydrogen-bond donors (Lipinski definition) is 0. The fraction of sp³-hybridized carbons (Fsp3) is 0. The maximum Gasteiger partial charge on any atom is 0 e. The van der Waals surface area contributed by atoms with Crippen LogP contribution in [0, 0.1) is 0 Å². The Morgan fingerprint density at radius 2 is 1.00 bits per heavy atom. The molecular formula is HClO3. The molecule has 0 amide bonds. The van der Waals surface area contributed by atoms with Crippen LogP contribution in [0.15, 0.2) is 14.2 Å². The van der Waals surface area contributed by atoms with Crippen LogP contribution < -0.4 is 0 Å². The van der Waals surface area contributed by atoms with E-state index in [1.807, 2.05) is 0 Å². The molecule has 0 atom stereocenters. The second-order valence-corrected chi connectivity index (χ2v) is 0.204. The molecule has 0 spiro atoms. The van der Waals surface area contributed by atoms with Crippen molar-refractivity contribution in [3.63, 3.8) is 0 Å². The van der Waals surface area contributed by atoms with Crippen LogP contribution in [0.1, 0.15) is 0 Å². The smallest absolute Gasteiger partial charge is 0 e. The first-order valence-electron chi connectivity index (χ1n) is 0.500. The molecule has 3 nitrogen and oxygen atoms in total. The van der Waals surface area contributed by atoms with E-state index >= 15 is 0 Å². The molecule has 0 aliphatic rings. The first-order valence-corrected chi connectivity index (χ1v) is 0.500. The SMILES string of the molecule is Cl.o1oo1. The number of rotatable bonds is 0. The van der Waals surface area contributed by atoms with Crippen molar-refractivity contribution in [1.82, 2.24) is 0 Å². The van der Waals surface area contributed by atoms with Gasteiger partial charge in [0, 0.05) is 14.2 Å². The molecule has 0 saturated carbocycles. The van der Waals surface area contributed by atoms with Crippen molar-refractivity contribution in [1.29, 1.82) is 0 Å². The Hall–Kier alpha value is -0.310. The Bertz CT molecular complexity index is 31.4. The third-order valence-electron chi connectivity index (χ3n) is 0.0680. The fourth-order valence-electron chi connectivity index (χ4n) is 0. The van der Waals surface area contributed by atoms with E-state index in [9.17, 15) is 0 Å². The zero-order valence-corrected chi connectivity index (χ0v) is 2.45. The van der Waals surface area contributed by atoms with Crippen LogP contribution in [0.3, 0.4) is 0 Å². The number of hydrogen-bond acceptors (Lipinski definition) is 3. The van der Waals surface area contributed by atoms with Crippen molar-refractivity contribution >= 4 is 12.4 Å². The molecule has 26 valence electrons. The zero-order valence-electron chi connectivity index (χ0n) is 1.63. The highest BCUT2D eigenvalue weighted by atomic mass is 35.5. The van der Waals surface area contributed by atoms with Gasteiger partial charge in [0.1, 0.15) is 0 Å². The third kappa shape index (κ3) is 1.69. The van der Waals surface area contributed by atoms with Gasteiger partial charge >= 0.3 is 0 Å². The van der Waals surface area contributed by atoms with Crippen molar-refractivity contribution in [3.05, 3.63) is 0 Å². The van der Waals surface area contributed by atoms with Gasteiger partial charge in [0.2, 0.25) is 0 Å². The van der Waals surface area contributed by atoms with Gasteiger partial charge in [-0.05, 0) is 0 Å². The van der Waals surface area contributed by atoms with Crippen LogP contribution >= 0.6 is 12.4 Å². The molecule has 4 heteroatoms. The molecule has 0 saturated heterocycles. The van der Waals surface area contributed by atoms with Gasteiger partial charge in [-0.2, -0.15) is 0 Å². The Morgan fingerprint density at radius 3 is 1.00 bits per heavy atom. The summed E-state index contributed by atoms with van der Waals surface area (Å²) in [4.78, 5) is 0.